The maximum absolute atomic E-state index is 10.4. The first-order valence-electron chi connectivity index (χ1n) is 7.14. The first-order chi connectivity index (χ1) is 9.00. The Labute approximate surface area is 115 Å². The summed E-state index contributed by atoms with van der Waals surface area (Å²) in [7, 11) is 0. The number of hydrogen-bond acceptors (Lipinski definition) is 3. The standard InChI is InChI=1S/C16H24O3/c1-12-10-14(13(2)17)6-7-15(12)19-11-16(18)8-4-3-5-9-16/h6-7,10,13,17-18H,3-5,8-9,11H2,1-2H3/t13-/m0/s1. The van der Waals surface area contributed by atoms with Crippen LogP contribution in [0.5, 0.6) is 5.75 Å². The number of ether oxygens (including phenoxy) is 1. The van der Waals surface area contributed by atoms with E-state index in [1.807, 2.05) is 25.1 Å². The molecule has 0 heterocycles. The Kier molecular flexibility index (Phi) is 4.48. The Morgan fingerprint density at radius 2 is 1.95 bits per heavy atom. The van der Waals surface area contributed by atoms with Gasteiger partial charge in [0.2, 0.25) is 0 Å². The molecule has 2 rings (SSSR count). The van der Waals surface area contributed by atoms with Crippen LogP contribution in [-0.4, -0.2) is 22.4 Å². The lowest BCUT2D eigenvalue weighted by molar-refractivity contribution is -0.0340. The van der Waals surface area contributed by atoms with Gasteiger partial charge in [-0.05, 0) is 49.9 Å². The highest BCUT2D eigenvalue weighted by molar-refractivity contribution is 5.37. The van der Waals surface area contributed by atoms with Crippen LogP contribution in [0.25, 0.3) is 0 Å². The quantitative estimate of drug-likeness (QED) is 0.878. The van der Waals surface area contributed by atoms with E-state index in [4.69, 9.17) is 4.74 Å². The number of aliphatic hydroxyl groups is 2. The lowest BCUT2D eigenvalue weighted by atomic mass is 9.85. The highest BCUT2D eigenvalue weighted by atomic mass is 16.5. The monoisotopic (exact) mass is 264 g/mol. The summed E-state index contributed by atoms with van der Waals surface area (Å²) < 4.78 is 5.78. The van der Waals surface area contributed by atoms with Crippen molar-refractivity contribution in [3.05, 3.63) is 29.3 Å². The van der Waals surface area contributed by atoms with Gasteiger partial charge in [0.15, 0.2) is 0 Å². The normalized spacial score (nSPS) is 20.0. The van der Waals surface area contributed by atoms with Gasteiger partial charge >= 0.3 is 0 Å². The number of hydrogen-bond donors (Lipinski definition) is 2. The second-order valence-electron chi connectivity index (χ2n) is 5.77. The van der Waals surface area contributed by atoms with E-state index in [-0.39, 0.29) is 0 Å². The third kappa shape index (κ3) is 3.71. The van der Waals surface area contributed by atoms with Crippen molar-refractivity contribution in [2.45, 2.75) is 57.7 Å². The molecule has 0 aliphatic heterocycles. The summed E-state index contributed by atoms with van der Waals surface area (Å²) >= 11 is 0. The second-order valence-corrected chi connectivity index (χ2v) is 5.77. The molecule has 1 saturated carbocycles. The van der Waals surface area contributed by atoms with Gasteiger partial charge in [-0.15, -0.1) is 0 Å². The maximum atomic E-state index is 10.4. The van der Waals surface area contributed by atoms with Crippen LogP contribution < -0.4 is 4.74 Å². The van der Waals surface area contributed by atoms with Gasteiger partial charge in [-0.25, -0.2) is 0 Å². The van der Waals surface area contributed by atoms with Crippen molar-refractivity contribution in [3.63, 3.8) is 0 Å². The molecule has 1 fully saturated rings. The summed E-state index contributed by atoms with van der Waals surface area (Å²) in [5.74, 6) is 0.795. The van der Waals surface area contributed by atoms with Crippen molar-refractivity contribution < 1.29 is 14.9 Å². The number of rotatable bonds is 4. The van der Waals surface area contributed by atoms with E-state index in [0.29, 0.717) is 6.61 Å². The average Bonchev–Trinajstić information content (AvgIpc) is 2.38. The third-order valence-electron chi connectivity index (χ3n) is 3.96. The molecule has 1 aromatic carbocycles. The molecule has 3 heteroatoms. The van der Waals surface area contributed by atoms with Crippen molar-refractivity contribution in [2.24, 2.45) is 0 Å². The van der Waals surface area contributed by atoms with E-state index in [1.54, 1.807) is 6.92 Å². The van der Waals surface area contributed by atoms with Gasteiger partial charge in [0, 0.05) is 0 Å². The fourth-order valence-electron chi connectivity index (χ4n) is 2.66. The lowest BCUT2D eigenvalue weighted by Gasteiger charge is -2.31. The average molecular weight is 264 g/mol. The van der Waals surface area contributed by atoms with Crippen LogP contribution in [-0.2, 0) is 0 Å². The van der Waals surface area contributed by atoms with Crippen molar-refractivity contribution >= 4 is 0 Å². The molecule has 0 bridgehead atoms. The SMILES string of the molecule is Cc1cc([C@H](C)O)ccc1OCC1(O)CCCCC1. The molecule has 0 aromatic heterocycles. The minimum absolute atomic E-state index is 0.363. The molecule has 0 unspecified atom stereocenters. The smallest absolute Gasteiger partial charge is 0.122 e. The van der Waals surface area contributed by atoms with Crippen LogP contribution in [0.2, 0.25) is 0 Å². The van der Waals surface area contributed by atoms with Gasteiger partial charge < -0.3 is 14.9 Å². The molecule has 0 radical (unpaired) electrons. The van der Waals surface area contributed by atoms with Crippen LogP contribution in [0.3, 0.4) is 0 Å². The van der Waals surface area contributed by atoms with Crippen molar-refractivity contribution in [1.82, 2.24) is 0 Å². The predicted molar refractivity (Wildman–Crippen MR) is 75.3 cm³/mol. The first-order valence-corrected chi connectivity index (χ1v) is 7.14. The topological polar surface area (TPSA) is 49.7 Å². The Bertz CT molecular complexity index is 420. The molecule has 1 aliphatic rings. The van der Waals surface area contributed by atoms with E-state index >= 15 is 0 Å². The summed E-state index contributed by atoms with van der Waals surface area (Å²) in [4.78, 5) is 0. The van der Waals surface area contributed by atoms with E-state index in [0.717, 1.165) is 42.6 Å². The van der Waals surface area contributed by atoms with Crippen LogP contribution in [0, 0.1) is 6.92 Å². The summed E-state index contributed by atoms with van der Waals surface area (Å²) in [6, 6.07) is 5.69. The summed E-state index contributed by atoms with van der Waals surface area (Å²) in [5.41, 5.74) is 1.23. The Morgan fingerprint density at radius 1 is 1.26 bits per heavy atom. The van der Waals surface area contributed by atoms with Gasteiger partial charge in [-0.2, -0.15) is 0 Å². The third-order valence-corrected chi connectivity index (χ3v) is 3.96. The molecule has 0 amide bonds. The number of aryl methyl sites for hydroxylation is 1. The zero-order valence-corrected chi connectivity index (χ0v) is 11.9. The van der Waals surface area contributed by atoms with Gasteiger partial charge in [-0.1, -0.05) is 25.3 Å². The van der Waals surface area contributed by atoms with Gasteiger partial charge in [-0.3, -0.25) is 0 Å². The summed E-state index contributed by atoms with van der Waals surface area (Å²) in [6.45, 7) is 4.08. The molecule has 2 N–H and O–H groups in total. The van der Waals surface area contributed by atoms with Gasteiger partial charge in [0.25, 0.3) is 0 Å². The lowest BCUT2D eigenvalue weighted by Crippen LogP contribution is -2.38. The fourth-order valence-corrected chi connectivity index (χ4v) is 2.66. The van der Waals surface area contributed by atoms with E-state index in [9.17, 15) is 10.2 Å². The molecule has 1 aliphatic carbocycles. The van der Waals surface area contributed by atoms with Gasteiger partial charge in [0.1, 0.15) is 12.4 Å². The van der Waals surface area contributed by atoms with E-state index in [1.165, 1.54) is 6.42 Å². The van der Waals surface area contributed by atoms with Crippen molar-refractivity contribution in [3.8, 4) is 5.75 Å². The minimum Gasteiger partial charge on any atom is -0.490 e. The maximum Gasteiger partial charge on any atom is 0.122 e. The van der Waals surface area contributed by atoms with Crippen LogP contribution in [0.15, 0.2) is 18.2 Å². The van der Waals surface area contributed by atoms with Gasteiger partial charge in [0.05, 0.1) is 11.7 Å². The van der Waals surface area contributed by atoms with Crippen LogP contribution in [0.1, 0.15) is 56.3 Å². The molecule has 106 valence electrons. The Morgan fingerprint density at radius 3 is 2.53 bits per heavy atom. The molecule has 19 heavy (non-hydrogen) atoms. The van der Waals surface area contributed by atoms with Crippen LogP contribution in [0.4, 0.5) is 0 Å². The first kappa shape index (κ1) is 14.4. The Balaban J connectivity index is 1.99. The molecule has 3 nitrogen and oxygen atoms in total. The Hall–Kier alpha value is -1.06. The molecule has 1 aromatic rings. The predicted octanol–water partition coefficient (Wildman–Crippen LogP) is 3.12. The van der Waals surface area contributed by atoms with Crippen LogP contribution >= 0.6 is 0 Å². The largest absolute Gasteiger partial charge is 0.490 e. The fraction of sp³-hybridized carbons (Fsp3) is 0.625. The molecular formula is C16H24O3. The zero-order valence-electron chi connectivity index (χ0n) is 11.9. The molecule has 1 atom stereocenters. The summed E-state index contributed by atoms with van der Waals surface area (Å²) in [6.07, 6.45) is 4.58. The van der Waals surface area contributed by atoms with Crippen molar-refractivity contribution in [1.29, 1.82) is 0 Å². The van der Waals surface area contributed by atoms with E-state index in [2.05, 4.69) is 0 Å². The summed E-state index contributed by atoms with van der Waals surface area (Å²) in [5, 5.41) is 19.9. The zero-order chi connectivity index (χ0) is 13.9. The number of benzene rings is 1. The second kappa shape index (κ2) is 5.93. The van der Waals surface area contributed by atoms with Crippen molar-refractivity contribution in [2.75, 3.05) is 6.61 Å². The highest BCUT2D eigenvalue weighted by Gasteiger charge is 2.30. The minimum atomic E-state index is -0.659. The number of aliphatic hydroxyl groups excluding tert-OH is 1. The molecular weight excluding hydrogens is 240 g/mol. The van der Waals surface area contributed by atoms with E-state index < -0.39 is 11.7 Å². The molecule has 0 spiro atoms. The highest BCUT2D eigenvalue weighted by Crippen LogP contribution is 2.30. The molecule has 0 saturated heterocycles.